The van der Waals surface area contributed by atoms with Crippen LogP contribution in [0.15, 0.2) is 71.7 Å². The van der Waals surface area contributed by atoms with Crippen molar-refractivity contribution in [2.24, 2.45) is 4.99 Å². The van der Waals surface area contributed by atoms with E-state index < -0.39 is 0 Å². The van der Waals surface area contributed by atoms with Gasteiger partial charge >= 0.3 is 0 Å². The number of para-hydroxylation sites is 1. The number of aromatic nitrogens is 1. The molecule has 4 aromatic rings. The summed E-state index contributed by atoms with van der Waals surface area (Å²) in [6, 6.07) is 21.1. The largest absolute Gasteiger partial charge is 0.341 e. The van der Waals surface area contributed by atoms with Gasteiger partial charge in [0.15, 0.2) is 0 Å². The summed E-state index contributed by atoms with van der Waals surface area (Å²) < 4.78 is 15.6. The van der Waals surface area contributed by atoms with Crippen molar-refractivity contribution >= 4 is 33.7 Å². The van der Waals surface area contributed by atoms with Crippen LogP contribution in [0.5, 0.6) is 0 Å². The zero-order valence-electron chi connectivity index (χ0n) is 13.4. The number of aryl methyl sites for hydroxylation is 1. The number of hydrogen-bond donors (Lipinski definition) is 0. The molecule has 1 heterocycles. The third-order valence-corrected chi connectivity index (χ3v) is 4.28. The molecule has 0 fully saturated rings. The third-order valence-electron chi connectivity index (χ3n) is 4.28. The van der Waals surface area contributed by atoms with Gasteiger partial charge in [-0.25, -0.2) is 4.39 Å². The van der Waals surface area contributed by atoms with Crippen molar-refractivity contribution in [2.75, 3.05) is 0 Å². The maximum atomic E-state index is 13.3. The van der Waals surface area contributed by atoms with Crippen LogP contribution < -0.4 is 0 Å². The van der Waals surface area contributed by atoms with Crippen LogP contribution >= 0.6 is 0 Å². The summed E-state index contributed by atoms with van der Waals surface area (Å²) in [7, 11) is 0. The number of aliphatic imine (C=N–C) groups is 1. The molecule has 0 saturated heterocycles. The van der Waals surface area contributed by atoms with Crippen molar-refractivity contribution < 1.29 is 4.39 Å². The smallest absolute Gasteiger partial charge is 0.123 e. The van der Waals surface area contributed by atoms with Gasteiger partial charge in [-0.1, -0.05) is 30.3 Å². The lowest BCUT2D eigenvalue weighted by Crippen LogP contribution is -1.92. The first-order chi connectivity index (χ1) is 11.8. The van der Waals surface area contributed by atoms with Crippen LogP contribution in [0.25, 0.3) is 21.8 Å². The topological polar surface area (TPSA) is 17.3 Å². The molecule has 0 bridgehead atoms. The summed E-state index contributed by atoms with van der Waals surface area (Å²) in [5.74, 6) is -0.250. The summed E-state index contributed by atoms with van der Waals surface area (Å²) >= 11 is 0. The molecule has 1 aromatic heterocycles. The van der Waals surface area contributed by atoms with E-state index in [-0.39, 0.29) is 5.82 Å². The Morgan fingerprint density at radius 2 is 1.75 bits per heavy atom. The highest BCUT2D eigenvalue weighted by atomic mass is 19.1. The number of benzene rings is 3. The molecule has 0 atom stereocenters. The minimum absolute atomic E-state index is 0.250. The molecule has 4 rings (SSSR count). The van der Waals surface area contributed by atoms with Gasteiger partial charge in [0.1, 0.15) is 5.82 Å². The van der Waals surface area contributed by atoms with Crippen molar-refractivity contribution in [3.05, 3.63) is 78.1 Å². The minimum atomic E-state index is -0.250. The summed E-state index contributed by atoms with van der Waals surface area (Å²) in [5, 5.41) is 2.43. The highest BCUT2D eigenvalue weighted by Crippen LogP contribution is 2.31. The first-order valence-electron chi connectivity index (χ1n) is 8.07. The summed E-state index contributed by atoms with van der Waals surface area (Å²) in [6.07, 6.45) is 1.70. The Morgan fingerprint density at radius 1 is 0.917 bits per heavy atom. The number of fused-ring (bicyclic) bond motifs is 3. The van der Waals surface area contributed by atoms with E-state index in [0.717, 1.165) is 17.8 Å². The molecule has 24 heavy (non-hydrogen) atoms. The normalized spacial score (nSPS) is 11.8. The second-order valence-corrected chi connectivity index (χ2v) is 5.78. The molecule has 0 radical (unpaired) electrons. The summed E-state index contributed by atoms with van der Waals surface area (Å²) in [6.45, 7) is 3.08. The molecule has 118 valence electrons. The van der Waals surface area contributed by atoms with Crippen LogP contribution in [0.4, 0.5) is 10.1 Å². The molecular weight excluding hydrogens is 299 g/mol. The van der Waals surface area contributed by atoms with Gasteiger partial charge in [0, 0.05) is 34.6 Å². The van der Waals surface area contributed by atoms with Crippen molar-refractivity contribution in [1.82, 2.24) is 4.57 Å². The second-order valence-electron chi connectivity index (χ2n) is 5.78. The Hall–Kier alpha value is -2.94. The molecular formula is C21H17FN2. The van der Waals surface area contributed by atoms with Crippen LogP contribution in [-0.4, -0.2) is 10.8 Å². The van der Waals surface area contributed by atoms with Gasteiger partial charge < -0.3 is 4.57 Å². The Morgan fingerprint density at radius 3 is 2.58 bits per heavy atom. The molecule has 0 amide bonds. The van der Waals surface area contributed by atoms with E-state index in [0.29, 0.717) is 0 Å². The van der Waals surface area contributed by atoms with Crippen molar-refractivity contribution in [3.8, 4) is 0 Å². The maximum Gasteiger partial charge on any atom is 0.123 e. The van der Waals surface area contributed by atoms with E-state index >= 15 is 0 Å². The van der Waals surface area contributed by atoms with E-state index in [9.17, 15) is 4.39 Å². The quantitative estimate of drug-likeness (QED) is 0.431. The van der Waals surface area contributed by atoms with Gasteiger partial charge in [-0.2, -0.15) is 0 Å². The van der Waals surface area contributed by atoms with Gasteiger partial charge in [-0.05, 0) is 48.9 Å². The van der Waals surface area contributed by atoms with E-state index in [1.165, 1.54) is 33.9 Å². The van der Waals surface area contributed by atoms with Gasteiger partial charge in [0.25, 0.3) is 0 Å². The number of hydrogen-bond acceptors (Lipinski definition) is 1. The molecule has 0 aliphatic heterocycles. The van der Waals surface area contributed by atoms with E-state index in [2.05, 4.69) is 52.9 Å². The van der Waals surface area contributed by atoms with Gasteiger partial charge in [0.05, 0.1) is 5.69 Å². The zero-order valence-corrected chi connectivity index (χ0v) is 13.4. The van der Waals surface area contributed by atoms with Gasteiger partial charge in [0.2, 0.25) is 0 Å². The van der Waals surface area contributed by atoms with Crippen molar-refractivity contribution in [2.45, 2.75) is 13.5 Å². The molecule has 3 aromatic carbocycles. The van der Waals surface area contributed by atoms with Crippen LogP contribution in [0.3, 0.4) is 0 Å². The second kappa shape index (κ2) is 5.93. The van der Waals surface area contributed by atoms with Gasteiger partial charge in [-0.3, -0.25) is 4.99 Å². The lowest BCUT2D eigenvalue weighted by molar-refractivity contribution is 0.627. The average Bonchev–Trinajstić information content (AvgIpc) is 2.93. The third kappa shape index (κ3) is 2.48. The monoisotopic (exact) mass is 316 g/mol. The molecule has 2 nitrogen and oxygen atoms in total. The zero-order chi connectivity index (χ0) is 16.5. The fourth-order valence-electron chi connectivity index (χ4n) is 3.20. The first kappa shape index (κ1) is 14.6. The average molecular weight is 316 g/mol. The fraction of sp³-hybridized carbons (Fsp3) is 0.0952. The Labute approximate surface area is 139 Å². The lowest BCUT2D eigenvalue weighted by Gasteiger charge is -2.02. The van der Waals surface area contributed by atoms with Crippen LogP contribution in [0.2, 0.25) is 0 Å². The van der Waals surface area contributed by atoms with Crippen LogP contribution in [0, 0.1) is 5.82 Å². The number of halogens is 1. The van der Waals surface area contributed by atoms with E-state index in [1.807, 2.05) is 12.1 Å². The summed E-state index contributed by atoms with van der Waals surface area (Å²) in [5.41, 5.74) is 4.07. The maximum absolute atomic E-state index is 13.3. The molecule has 0 N–H and O–H groups in total. The predicted octanol–water partition coefficient (Wildman–Crippen LogP) is 5.70. The molecule has 3 heteroatoms. The van der Waals surface area contributed by atoms with Crippen molar-refractivity contribution in [1.29, 1.82) is 0 Å². The number of rotatable bonds is 3. The van der Waals surface area contributed by atoms with Crippen molar-refractivity contribution in [3.63, 3.8) is 0 Å². The standard InChI is InChI=1S/C21H17FN2/c1-2-24-20-9-4-3-8-18(20)19-13-17(10-11-21(19)24)23-14-15-6-5-7-16(22)12-15/h3-14H,2H2,1H3. The van der Waals surface area contributed by atoms with E-state index in [1.54, 1.807) is 12.3 Å². The highest BCUT2D eigenvalue weighted by molar-refractivity contribution is 6.09. The number of nitrogens with zero attached hydrogens (tertiary/aromatic N) is 2. The molecule has 0 saturated carbocycles. The predicted molar refractivity (Wildman–Crippen MR) is 98.8 cm³/mol. The van der Waals surface area contributed by atoms with Crippen LogP contribution in [-0.2, 0) is 6.54 Å². The molecule has 0 unspecified atom stereocenters. The molecule has 0 spiro atoms. The Bertz CT molecular complexity index is 1060. The van der Waals surface area contributed by atoms with Crippen LogP contribution in [0.1, 0.15) is 12.5 Å². The highest BCUT2D eigenvalue weighted by Gasteiger charge is 2.09. The molecule has 0 aliphatic rings. The SMILES string of the molecule is CCn1c2ccccc2c2cc(N=Cc3cccc(F)c3)ccc21. The lowest BCUT2D eigenvalue weighted by atomic mass is 10.1. The minimum Gasteiger partial charge on any atom is -0.341 e. The van der Waals surface area contributed by atoms with Gasteiger partial charge in [-0.15, -0.1) is 0 Å². The summed E-state index contributed by atoms with van der Waals surface area (Å²) in [4.78, 5) is 4.51. The first-order valence-corrected chi connectivity index (χ1v) is 8.07. The fourth-order valence-corrected chi connectivity index (χ4v) is 3.20. The Balaban J connectivity index is 1.82. The Kier molecular flexibility index (Phi) is 3.62. The molecule has 0 aliphatic carbocycles. The van der Waals surface area contributed by atoms with E-state index in [4.69, 9.17) is 0 Å².